The number of nitrogens with zero attached hydrogens (tertiary/aromatic N) is 3. The largest absolute Gasteiger partial charge is 0.497 e. The smallest absolute Gasteiger partial charge is 0.271 e. The Kier molecular flexibility index (Phi) is 8.32. The third-order valence-electron chi connectivity index (χ3n) is 8.40. The van der Waals surface area contributed by atoms with Crippen LogP contribution in [0.5, 0.6) is 11.5 Å². The third-order valence-corrected chi connectivity index (χ3v) is 9.94. The fourth-order valence-electron chi connectivity index (χ4n) is 6.17. The molecule has 2 aliphatic heterocycles. The first-order chi connectivity index (χ1) is 23.3. The van der Waals surface area contributed by atoms with Gasteiger partial charge in [0, 0.05) is 27.4 Å². The number of ether oxygens (including phenoxy) is 2. The van der Waals surface area contributed by atoms with Crippen molar-refractivity contribution < 1.29 is 19.1 Å². The zero-order chi connectivity index (χ0) is 33.5. The fraction of sp³-hybridized carbons (Fsp3) is 0.135. The maximum atomic E-state index is 14.7. The molecule has 9 nitrogen and oxygen atoms in total. The number of hydrogen-bond donors (Lipinski definition) is 1. The van der Waals surface area contributed by atoms with Crippen LogP contribution in [0.15, 0.2) is 123 Å². The molecule has 11 heteroatoms. The summed E-state index contributed by atoms with van der Waals surface area (Å²) in [7, 11) is 3.08. The molecular formula is C37H29BrN4O5S. The number of thiazole rings is 1. The molecule has 0 saturated carbocycles. The van der Waals surface area contributed by atoms with Gasteiger partial charge < -0.3 is 19.7 Å². The van der Waals surface area contributed by atoms with Gasteiger partial charge in [-0.05, 0) is 55.0 Å². The van der Waals surface area contributed by atoms with Gasteiger partial charge in [-0.2, -0.15) is 0 Å². The quantitative estimate of drug-likeness (QED) is 0.237. The summed E-state index contributed by atoms with van der Waals surface area (Å²) in [6.45, 7) is 2.09. The summed E-state index contributed by atoms with van der Waals surface area (Å²) in [6.07, 6.45) is 0. The van der Waals surface area contributed by atoms with E-state index in [4.69, 9.17) is 14.5 Å². The van der Waals surface area contributed by atoms with Crippen LogP contribution in [0, 0.1) is 0 Å². The van der Waals surface area contributed by atoms with E-state index in [1.54, 1.807) is 49.3 Å². The molecule has 3 heterocycles. The van der Waals surface area contributed by atoms with Crippen LogP contribution in [0.4, 0.5) is 11.4 Å². The van der Waals surface area contributed by atoms with E-state index in [2.05, 4.69) is 21.2 Å². The second kappa shape index (κ2) is 12.7. The Morgan fingerprint density at radius 3 is 2.38 bits per heavy atom. The third kappa shape index (κ3) is 5.44. The van der Waals surface area contributed by atoms with Crippen LogP contribution in [0.25, 0.3) is 5.57 Å². The normalized spacial score (nSPS) is 16.3. The van der Waals surface area contributed by atoms with Crippen LogP contribution in [0.1, 0.15) is 29.7 Å². The minimum absolute atomic E-state index is 0.239. The van der Waals surface area contributed by atoms with Crippen LogP contribution in [-0.2, 0) is 16.1 Å². The second-order valence-corrected chi connectivity index (χ2v) is 13.1. The molecular weight excluding hydrogens is 692 g/mol. The van der Waals surface area contributed by atoms with Crippen LogP contribution in [0.3, 0.4) is 0 Å². The summed E-state index contributed by atoms with van der Waals surface area (Å²) in [6, 6.07) is 28.8. The van der Waals surface area contributed by atoms with Crippen molar-refractivity contribution in [3.8, 4) is 11.5 Å². The zero-order valence-electron chi connectivity index (χ0n) is 26.2. The van der Waals surface area contributed by atoms with Gasteiger partial charge in [0.1, 0.15) is 22.1 Å². The summed E-state index contributed by atoms with van der Waals surface area (Å²) in [5, 5.41) is 2.96. The summed E-state index contributed by atoms with van der Waals surface area (Å²) in [5.74, 6) is 0.285. The highest BCUT2D eigenvalue weighted by Gasteiger charge is 2.38. The van der Waals surface area contributed by atoms with Crippen molar-refractivity contribution in [3.05, 3.63) is 149 Å². The molecule has 0 radical (unpaired) electrons. The number of halogens is 1. The van der Waals surface area contributed by atoms with Gasteiger partial charge in [-0.25, -0.2) is 4.99 Å². The predicted octanol–water partition coefficient (Wildman–Crippen LogP) is 5.57. The van der Waals surface area contributed by atoms with Crippen molar-refractivity contribution in [2.45, 2.75) is 19.5 Å². The Bertz CT molecular complexity index is 2320. The van der Waals surface area contributed by atoms with Crippen molar-refractivity contribution in [2.24, 2.45) is 4.99 Å². The van der Waals surface area contributed by atoms with E-state index < -0.39 is 17.5 Å². The molecule has 1 N–H and O–H groups in total. The minimum atomic E-state index is -0.918. The average molecular weight is 722 g/mol. The monoisotopic (exact) mass is 720 g/mol. The van der Waals surface area contributed by atoms with Crippen molar-refractivity contribution in [1.82, 2.24) is 4.57 Å². The van der Waals surface area contributed by atoms with E-state index in [9.17, 15) is 14.4 Å². The number of rotatable bonds is 7. The summed E-state index contributed by atoms with van der Waals surface area (Å²) in [5.41, 5.74) is 4.05. The number of carbonyl (C=O) groups excluding carboxylic acids is 2. The van der Waals surface area contributed by atoms with Gasteiger partial charge in [-0.3, -0.25) is 19.0 Å². The van der Waals surface area contributed by atoms with Gasteiger partial charge in [0.15, 0.2) is 4.80 Å². The molecule has 1 aromatic heterocycles. The zero-order valence-corrected chi connectivity index (χ0v) is 28.6. The van der Waals surface area contributed by atoms with Gasteiger partial charge in [0.05, 0.1) is 43.3 Å². The molecule has 0 aliphatic carbocycles. The van der Waals surface area contributed by atoms with E-state index in [0.717, 1.165) is 21.4 Å². The highest BCUT2D eigenvalue weighted by molar-refractivity contribution is 9.10. The molecule has 5 aromatic rings. The van der Waals surface area contributed by atoms with Crippen molar-refractivity contribution in [3.63, 3.8) is 0 Å². The number of hydrogen-bond acceptors (Lipinski definition) is 7. The number of nitrogens with one attached hydrogen (secondary N) is 1. The highest BCUT2D eigenvalue weighted by Crippen LogP contribution is 2.40. The fourth-order valence-corrected chi connectivity index (χ4v) is 7.66. The van der Waals surface area contributed by atoms with Crippen LogP contribution >= 0.6 is 27.3 Å². The molecule has 4 aromatic carbocycles. The molecule has 0 bridgehead atoms. The molecule has 2 aliphatic rings. The SMILES string of the molecule is COc1ccc([C@@H]2C(C(=O)Nc3ccccc3)=C(C)N=c3s/c(=C4\C(=O)N(Cc5ccccc5)c5ccc(Br)cc54)c(=O)n32)c(OC)c1. The standard InChI is InChI=1S/C37H29BrN4O5S/c1-21-30(34(43)40-24-12-8-5-9-13-24)32(26-16-15-25(46-2)19-29(26)47-3)42-36(45)33(48-37(42)39-21)31-27-18-23(38)14-17-28(27)41(35(31)44)20-22-10-6-4-7-11-22/h4-19,32H,20H2,1-3H3,(H,40,43)/b33-31-/t32-/m1/s1. The van der Waals surface area contributed by atoms with E-state index >= 15 is 0 Å². The lowest BCUT2D eigenvalue weighted by molar-refractivity contribution is -0.114. The number of amides is 2. The first kappa shape index (κ1) is 31.3. The molecule has 0 saturated heterocycles. The van der Waals surface area contributed by atoms with E-state index in [1.807, 2.05) is 66.7 Å². The van der Waals surface area contributed by atoms with Gasteiger partial charge in [-0.15, -0.1) is 0 Å². The topological polar surface area (TPSA) is 102 Å². The van der Waals surface area contributed by atoms with Gasteiger partial charge in [-0.1, -0.05) is 75.8 Å². The van der Waals surface area contributed by atoms with E-state index in [0.29, 0.717) is 56.6 Å². The predicted molar refractivity (Wildman–Crippen MR) is 189 cm³/mol. The number of carbonyl (C=O) groups is 2. The number of anilines is 2. The number of methoxy groups -OCH3 is 2. The lowest BCUT2D eigenvalue weighted by atomic mass is 9.94. The maximum Gasteiger partial charge on any atom is 0.271 e. The Morgan fingerprint density at radius 1 is 0.938 bits per heavy atom. The highest BCUT2D eigenvalue weighted by atomic mass is 79.9. The first-order valence-corrected chi connectivity index (χ1v) is 16.7. The number of para-hydroxylation sites is 1. The molecule has 240 valence electrons. The van der Waals surface area contributed by atoms with E-state index in [1.165, 1.54) is 11.7 Å². The summed E-state index contributed by atoms with van der Waals surface area (Å²) < 4.78 is 13.7. The number of benzene rings is 4. The lowest BCUT2D eigenvalue weighted by Crippen LogP contribution is -2.41. The van der Waals surface area contributed by atoms with Crippen molar-refractivity contribution in [1.29, 1.82) is 0 Å². The minimum Gasteiger partial charge on any atom is -0.497 e. The molecule has 7 rings (SSSR count). The summed E-state index contributed by atoms with van der Waals surface area (Å²) in [4.78, 5) is 49.9. The molecule has 0 fully saturated rings. The van der Waals surface area contributed by atoms with Crippen LogP contribution in [-0.4, -0.2) is 30.6 Å². The maximum absolute atomic E-state index is 14.7. The molecule has 48 heavy (non-hydrogen) atoms. The summed E-state index contributed by atoms with van der Waals surface area (Å²) >= 11 is 4.69. The Hall–Kier alpha value is -5.26. The van der Waals surface area contributed by atoms with Crippen molar-refractivity contribution >= 4 is 56.0 Å². The van der Waals surface area contributed by atoms with E-state index in [-0.39, 0.29) is 16.0 Å². The lowest BCUT2D eigenvalue weighted by Gasteiger charge is -2.26. The number of allylic oxidation sites excluding steroid dienone is 1. The van der Waals surface area contributed by atoms with Crippen LogP contribution in [0.2, 0.25) is 0 Å². The molecule has 0 spiro atoms. The van der Waals surface area contributed by atoms with Crippen molar-refractivity contribution in [2.75, 3.05) is 24.4 Å². The van der Waals surface area contributed by atoms with Gasteiger partial charge >= 0.3 is 0 Å². The molecule has 2 amide bonds. The van der Waals surface area contributed by atoms with Gasteiger partial charge in [0.2, 0.25) is 0 Å². The average Bonchev–Trinajstić information content (AvgIpc) is 3.55. The van der Waals surface area contributed by atoms with Crippen LogP contribution < -0.4 is 34.6 Å². The Labute approximate surface area is 288 Å². The number of aromatic nitrogens is 1. The molecule has 0 unspecified atom stereocenters. The Morgan fingerprint density at radius 2 is 1.67 bits per heavy atom. The van der Waals surface area contributed by atoms with Gasteiger partial charge in [0.25, 0.3) is 17.4 Å². The second-order valence-electron chi connectivity index (χ2n) is 11.2. The first-order valence-electron chi connectivity index (χ1n) is 15.1. The molecule has 1 atom stereocenters. The Balaban J connectivity index is 1.45. The number of fused-ring (bicyclic) bond motifs is 2.